The van der Waals surface area contributed by atoms with E-state index in [1.165, 1.54) is 49.8 Å². The van der Waals surface area contributed by atoms with E-state index < -0.39 is 0 Å². The third kappa shape index (κ3) is 1.80. The van der Waals surface area contributed by atoms with Crippen LogP contribution in [0.4, 0.5) is 5.82 Å². The summed E-state index contributed by atoms with van der Waals surface area (Å²) in [5, 5.41) is 7.50. The maximum Gasteiger partial charge on any atom is 0.149 e. The Hall–Kier alpha value is -1.03. The van der Waals surface area contributed by atoms with Crippen LogP contribution in [0, 0.1) is 17.8 Å². The number of rotatable bonds is 4. The number of nitrogens with two attached hydrogens (primary N) is 1. The topological polar surface area (TPSA) is 63.9 Å². The Morgan fingerprint density at radius 1 is 1.20 bits per heavy atom. The maximum absolute atomic E-state index is 6.25. The van der Waals surface area contributed by atoms with E-state index in [0.717, 1.165) is 36.6 Å². The van der Waals surface area contributed by atoms with Gasteiger partial charge in [-0.25, -0.2) is 0 Å². The first-order chi connectivity index (χ1) is 9.70. The van der Waals surface area contributed by atoms with Crippen molar-refractivity contribution in [2.45, 2.75) is 50.4 Å². The number of aromatic nitrogens is 2. The fraction of sp³-hybridized carbons (Fsp3) is 0.812. The van der Waals surface area contributed by atoms with Crippen LogP contribution in [0.5, 0.6) is 0 Å². The summed E-state index contributed by atoms with van der Waals surface area (Å²) in [6, 6.07) is 0. The molecule has 5 rings (SSSR count). The average Bonchev–Trinajstić information content (AvgIpc) is 2.76. The number of anilines is 1. The zero-order valence-electron chi connectivity index (χ0n) is 12.3. The Balaban J connectivity index is 1.71. The summed E-state index contributed by atoms with van der Waals surface area (Å²) in [5.74, 6) is 3.56. The molecule has 0 amide bonds. The molecule has 0 atom stereocenters. The van der Waals surface area contributed by atoms with Gasteiger partial charge in [-0.2, -0.15) is 5.10 Å². The number of H-pyrrole nitrogens is 1. The Morgan fingerprint density at radius 3 is 2.35 bits per heavy atom. The van der Waals surface area contributed by atoms with Gasteiger partial charge < -0.3 is 10.5 Å². The summed E-state index contributed by atoms with van der Waals surface area (Å²) < 4.78 is 5.24. The lowest BCUT2D eigenvalue weighted by Gasteiger charge is -2.57. The van der Waals surface area contributed by atoms with Gasteiger partial charge in [0.1, 0.15) is 5.82 Å². The van der Waals surface area contributed by atoms with Crippen molar-refractivity contribution in [3.63, 3.8) is 0 Å². The predicted octanol–water partition coefficient (Wildman–Crippen LogP) is 2.65. The lowest BCUT2D eigenvalue weighted by Crippen LogP contribution is -2.49. The quantitative estimate of drug-likeness (QED) is 0.888. The lowest BCUT2D eigenvalue weighted by molar-refractivity contribution is -0.00530. The SMILES string of the molecule is COCCc1[nH]nc(N)c1C12CC3CC(CC(C3)C1)C2. The van der Waals surface area contributed by atoms with Crippen molar-refractivity contribution in [1.82, 2.24) is 10.2 Å². The van der Waals surface area contributed by atoms with Gasteiger partial charge in [0.15, 0.2) is 0 Å². The van der Waals surface area contributed by atoms with Gasteiger partial charge in [-0.15, -0.1) is 0 Å². The normalized spacial score (nSPS) is 38.5. The molecule has 20 heavy (non-hydrogen) atoms. The number of ether oxygens (including phenoxy) is 1. The summed E-state index contributed by atoms with van der Waals surface area (Å²) in [4.78, 5) is 0. The Morgan fingerprint density at radius 2 is 1.80 bits per heavy atom. The fourth-order valence-corrected chi connectivity index (χ4v) is 5.79. The van der Waals surface area contributed by atoms with Crippen LogP contribution in [0.3, 0.4) is 0 Å². The highest BCUT2D eigenvalue weighted by Crippen LogP contribution is 2.61. The van der Waals surface area contributed by atoms with Gasteiger partial charge in [0.25, 0.3) is 0 Å². The van der Waals surface area contributed by atoms with E-state index in [1.807, 2.05) is 0 Å². The molecular formula is C16H25N3O. The minimum Gasteiger partial charge on any atom is -0.384 e. The molecule has 1 aromatic heterocycles. The minimum absolute atomic E-state index is 0.328. The molecule has 4 bridgehead atoms. The number of hydrogen-bond acceptors (Lipinski definition) is 3. The third-order valence-electron chi connectivity index (χ3n) is 5.99. The molecule has 3 N–H and O–H groups in total. The van der Waals surface area contributed by atoms with E-state index in [9.17, 15) is 0 Å². The van der Waals surface area contributed by atoms with E-state index in [-0.39, 0.29) is 0 Å². The number of hydrogen-bond donors (Lipinski definition) is 2. The van der Waals surface area contributed by atoms with Crippen molar-refractivity contribution >= 4 is 5.82 Å². The van der Waals surface area contributed by atoms with Gasteiger partial charge in [0, 0.05) is 30.2 Å². The second-order valence-electron chi connectivity index (χ2n) is 7.40. The monoisotopic (exact) mass is 275 g/mol. The Labute approximate surface area is 120 Å². The van der Waals surface area contributed by atoms with Crippen molar-refractivity contribution in [2.24, 2.45) is 17.8 Å². The van der Waals surface area contributed by atoms with Crippen molar-refractivity contribution in [1.29, 1.82) is 0 Å². The average molecular weight is 275 g/mol. The van der Waals surface area contributed by atoms with Gasteiger partial charge in [0.2, 0.25) is 0 Å². The van der Waals surface area contributed by atoms with E-state index in [4.69, 9.17) is 10.5 Å². The van der Waals surface area contributed by atoms with Crippen LogP contribution in [-0.2, 0) is 16.6 Å². The van der Waals surface area contributed by atoms with Crippen LogP contribution < -0.4 is 5.73 Å². The summed E-state index contributed by atoms with van der Waals surface area (Å²) in [6.45, 7) is 0.737. The predicted molar refractivity (Wildman–Crippen MR) is 78.4 cm³/mol. The van der Waals surface area contributed by atoms with Crippen LogP contribution in [-0.4, -0.2) is 23.9 Å². The smallest absolute Gasteiger partial charge is 0.149 e. The van der Waals surface area contributed by atoms with Gasteiger partial charge in [0.05, 0.1) is 6.61 Å². The van der Waals surface area contributed by atoms with E-state index in [1.54, 1.807) is 7.11 Å². The van der Waals surface area contributed by atoms with E-state index >= 15 is 0 Å². The van der Waals surface area contributed by atoms with Gasteiger partial charge in [-0.05, 0) is 56.3 Å². The van der Waals surface area contributed by atoms with Gasteiger partial charge in [-0.3, -0.25) is 5.10 Å². The molecule has 0 unspecified atom stereocenters. The standard InChI is InChI=1S/C16H25N3O/c1-20-3-2-13-14(15(17)19-18-13)16-7-10-4-11(8-16)6-12(5-10)9-16/h10-12H,2-9H2,1H3,(H3,17,18,19). The molecule has 0 aromatic carbocycles. The molecule has 4 heteroatoms. The molecule has 1 aromatic rings. The molecule has 4 fully saturated rings. The molecule has 0 aliphatic heterocycles. The minimum atomic E-state index is 0.328. The third-order valence-corrected chi connectivity index (χ3v) is 5.99. The second-order valence-corrected chi connectivity index (χ2v) is 7.40. The molecule has 0 spiro atoms. The lowest BCUT2D eigenvalue weighted by atomic mass is 9.48. The first-order valence-corrected chi connectivity index (χ1v) is 8.02. The summed E-state index contributed by atoms with van der Waals surface area (Å²) in [7, 11) is 1.75. The molecule has 0 saturated heterocycles. The van der Waals surface area contributed by atoms with Crippen molar-refractivity contribution < 1.29 is 4.74 Å². The van der Waals surface area contributed by atoms with Crippen LogP contribution in [0.2, 0.25) is 0 Å². The molecule has 0 radical (unpaired) electrons. The molecule has 110 valence electrons. The Kier molecular flexibility index (Phi) is 2.85. The van der Waals surface area contributed by atoms with Gasteiger partial charge in [-0.1, -0.05) is 0 Å². The Bertz CT molecular complexity index is 473. The molecule has 4 nitrogen and oxygen atoms in total. The number of nitrogens with zero attached hydrogens (tertiary/aromatic N) is 1. The highest BCUT2D eigenvalue weighted by Gasteiger charge is 2.53. The van der Waals surface area contributed by atoms with Crippen molar-refractivity contribution in [3.05, 3.63) is 11.3 Å². The summed E-state index contributed by atoms with van der Waals surface area (Å²) >= 11 is 0. The summed E-state index contributed by atoms with van der Waals surface area (Å²) in [6.07, 6.45) is 9.30. The fourth-order valence-electron chi connectivity index (χ4n) is 5.79. The molecule has 4 aliphatic rings. The maximum atomic E-state index is 6.25. The van der Waals surface area contributed by atoms with Crippen LogP contribution in [0.25, 0.3) is 0 Å². The number of methoxy groups -OCH3 is 1. The zero-order valence-corrected chi connectivity index (χ0v) is 12.3. The van der Waals surface area contributed by atoms with Crippen LogP contribution in [0.1, 0.15) is 49.8 Å². The van der Waals surface area contributed by atoms with Crippen LogP contribution in [0.15, 0.2) is 0 Å². The van der Waals surface area contributed by atoms with E-state index in [0.29, 0.717) is 5.41 Å². The molecule has 1 heterocycles. The van der Waals surface area contributed by atoms with Crippen LogP contribution >= 0.6 is 0 Å². The highest BCUT2D eigenvalue weighted by molar-refractivity contribution is 5.49. The number of nitrogens with one attached hydrogen (secondary N) is 1. The number of nitrogen functional groups attached to an aromatic ring is 1. The van der Waals surface area contributed by atoms with Gasteiger partial charge >= 0.3 is 0 Å². The molecule has 4 saturated carbocycles. The van der Waals surface area contributed by atoms with Crippen molar-refractivity contribution in [2.75, 3.05) is 19.5 Å². The molecular weight excluding hydrogens is 250 g/mol. The second kappa shape index (κ2) is 4.48. The highest BCUT2D eigenvalue weighted by atomic mass is 16.5. The van der Waals surface area contributed by atoms with Crippen molar-refractivity contribution in [3.8, 4) is 0 Å². The first-order valence-electron chi connectivity index (χ1n) is 8.02. The largest absolute Gasteiger partial charge is 0.384 e. The summed E-state index contributed by atoms with van der Waals surface area (Å²) in [5.41, 5.74) is 9.16. The number of aromatic amines is 1. The zero-order chi connectivity index (χ0) is 13.7. The van der Waals surface area contributed by atoms with E-state index in [2.05, 4.69) is 10.2 Å². The molecule has 4 aliphatic carbocycles. The first kappa shape index (κ1) is 12.7.